The Kier molecular flexibility index (Phi) is 5.31. The summed E-state index contributed by atoms with van der Waals surface area (Å²) in [6, 6.07) is 14.7. The second-order valence-corrected chi connectivity index (χ2v) is 4.67. The number of rotatable bonds is 5. The van der Waals surface area contributed by atoms with Crippen LogP contribution in [0.2, 0.25) is 0 Å². The number of carbonyl (C=O) groups excluding carboxylic acids is 2. The van der Waals surface area contributed by atoms with Crippen LogP contribution in [-0.4, -0.2) is 23.6 Å². The molecule has 23 heavy (non-hydrogen) atoms. The van der Waals surface area contributed by atoms with Crippen molar-refractivity contribution in [2.24, 2.45) is 0 Å². The van der Waals surface area contributed by atoms with Crippen molar-refractivity contribution < 1.29 is 19.4 Å². The van der Waals surface area contributed by atoms with Gasteiger partial charge in [0.2, 0.25) is 0 Å². The molecule has 0 unspecified atom stereocenters. The lowest BCUT2D eigenvalue weighted by molar-refractivity contribution is -0.119. The molecule has 1 amide bonds. The van der Waals surface area contributed by atoms with Crippen LogP contribution in [0.15, 0.2) is 48.5 Å². The number of nitrogens with zero attached hydrogens (tertiary/aromatic N) is 1. The molecule has 0 aliphatic carbocycles. The van der Waals surface area contributed by atoms with Crippen LogP contribution >= 0.6 is 0 Å². The number of esters is 1. The number of nitriles is 1. The molecule has 116 valence electrons. The summed E-state index contributed by atoms with van der Waals surface area (Å²) in [7, 11) is 0. The van der Waals surface area contributed by atoms with Gasteiger partial charge in [-0.25, -0.2) is 4.79 Å². The lowest BCUT2D eigenvalue weighted by atomic mass is 10.1. The van der Waals surface area contributed by atoms with Crippen LogP contribution in [0.3, 0.4) is 0 Å². The first-order valence-corrected chi connectivity index (χ1v) is 6.81. The highest BCUT2D eigenvalue weighted by atomic mass is 16.5. The van der Waals surface area contributed by atoms with E-state index in [0.29, 0.717) is 12.1 Å². The summed E-state index contributed by atoms with van der Waals surface area (Å²) >= 11 is 0. The van der Waals surface area contributed by atoms with Gasteiger partial charge >= 0.3 is 5.97 Å². The Morgan fingerprint density at radius 3 is 2.48 bits per heavy atom. The summed E-state index contributed by atoms with van der Waals surface area (Å²) in [6.45, 7) is -0.465. The summed E-state index contributed by atoms with van der Waals surface area (Å²) < 4.78 is 4.85. The van der Waals surface area contributed by atoms with E-state index in [4.69, 9.17) is 10.00 Å². The first-order chi connectivity index (χ1) is 11.1. The van der Waals surface area contributed by atoms with Gasteiger partial charge in [0.15, 0.2) is 6.61 Å². The van der Waals surface area contributed by atoms with Crippen molar-refractivity contribution in [1.29, 1.82) is 5.26 Å². The summed E-state index contributed by atoms with van der Waals surface area (Å²) in [5.74, 6) is -1.48. The van der Waals surface area contributed by atoms with Crippen LogP contribution < -0.4 is 5.32 Å². The van der Waals surface area contributed by atoms with E-state index in [0.717, 1.165) is 5.56 Å². The number of amides is 1. The highest BCUT2D eigenvalue weighted by molar-refractivity contribution is 5.96. The van der Waals surface area contributed by atoms with E-state index in [1.54, 1.807) is 36.4 Å². The van der Waals surface area contributed by atoms with Crippen molar-refractivity contribution in [2.75, 3.05) is 11.9 Å². The molecule has 0 aromatic heterocycles. The molecule has 0 aliphatic heterocycles. The number of phenolic OH excluding ortho intramolecular Hbond substituents is 1. The van der Waals surface area contributed by atoms with Crippen molar-refractivity contribution >= 4 is 17.6 Å². The third-order valence-electron chi connectivity index (χ3n) is 2.98. The van der Waals surface area contributed by atoms with Gasteiger partial charge in [-0.15, -0.1) is 0 Å². The Balaban J connectivity index is 1.87. The van der Waals surface area contributed by atoms with E-state index in [-0.39, 0.29) is 11.3 Å². The number of aromatic hydroxyl groups is 1. The number of hydrogen-bond donors (Lipinski definition) is 2. The zero-order valence-corrected chi connectivity index (χ0v) is 12.2. The molecule has 0 heterocycles. The predicted molar refractivity (Wildman–Crippen MR) is 82.8 cm³/mol. The summed E-state index contributed by atoms with van der Waals surface area (Å²) in [4.78, 5) is 23.5. The van der Waals surface area contributed by atoms with Crippen molar-refractivity contribution in [3.8, 4) is 11.8 Å². The molecule has 2 N–H and O–H groups in total. The SMILES string of the molecule is N#CCc1ccc(NC(=O)COC(=O)c2ccccc2O)cc1. The fourth-order valence-corrected chi connectivity index (χ4v) is 1.85. The molecular weight excluding hydrogens is 296 g/mol. The molecule has 0 radical (unpaired) electrons. The average molecular weight is 310 g/mol. The van der Waals surface area contributed by atoms with Crippen LogP contribution in [-0.2, 0) is 16.0 Å². The normalized spacial score (nSPS) is 9.70. The minimum Gasteiger partial charge on any atom is -0.507 e. The average Bonchev–Trinajstić information content (AvgIpc) is 2.55. The monoisotopic (exact) mass is 310 g/mol. The third kappa shape index (κ3) is 4.58. The fourth-order valence-electron chi connectivity index (χ4n) is 1.85. The molecule has 0 saturated carbocycles. The molecule has 0 saturated heterocycles. The second-order valence-electron chi connectivity index (χ2n) is 4.67. The minimum absolute atomic E-state index is 0.00107. The number of para-hydroxylation sites is 1. The molecule has 6 nitrogen and oxygen atoms in total. The Morgan fingerprint density at radius 2 is 1.83 bits per heavy atom. The molecule has 6 heteroatoms. The zero-order valence-electron chi connectivity index (χ0n) is 12.2. The summed E-state index contributed by atoms with van der Waals surface area (Å²) in [6.07, 6.45) is 0.298. The quantitative estimate of drug-likeness (QED) is 0.825. The highest BCUT2D eigenvalue weighted by Crippen LogP contribution is 2.16. The zero-order chi connectivity index (χ0) is 16.7. The van der Waals surface area contributed by atoms with Crippen LogP contribution in [0, 0.1) is 11.3 Å². The van der Waals surface area contributed by atoms with Gasteiger partial charge in [-0.2, -0.15) is 5.26 Å². The van der Waals surface area contributed by atoms with Gasteiger partial charge in [0.1, 0.15) is 11.3 Å². The standard InChI is InChI=1S/C17H14N2O4/c18-10-9-12-5-7-13(8-6-12)19-16(21)11-23-17(22)14-3-1-2-4-15(14)20/h1-8,20H,9,11H2,(H,19,21). The molecule has 2 aromatic carbocycles. The van der Waals surface area contributed by atoms with E-state index in [1.807, 2.05) is 6.07 Å². The van der Waals surface area contributed by atoms with Crippen LogP contribution in [0.5, 0.6) is 5.75 Å². The number of hydrogen-bond acceptors (Lipinski definition) is 5. The molecule has 0 fully saturated rings. The minimum atomic E-state index is -0.775. The fraction of sp³-hybridized carbons (Fsp3) is 0.118. The number of carbonyl (C=O) groups is 2. The van der Waals surface area contributed by atoms with Crippen molar-refractivity contribution in [3.05, 3.63) is 59.7 Å². The molecule has 0 bridgehead atoms. The van der Waals surface area contributed by atoms with E-state index in [1.165, 1.54) is 12.1 Å². The number of anilines is 1. The first-order valence-electron chi connectivity index (χ1n) is 6.81. The number of nitrogens with one attached hydrogen (secondary N) is 1. The predicted octanol–water partition coefficient (Wildman–Crippen LogP) is 2.25. The third-order valence-corrected chi connectivity index (χ3v) is 2.98. The summed E-state index contributed by atoms with van der Waals surface area (Å²) in [5, 5.41) is 20.7. The Labute approximate surface area is 132 Å². The van der Waals surface area contributed by atoms with Gasteiger partial charge in [-0.3, -0.25) is 4.79 Å². The van der Waals surface area contributed by atoms with Crippen molar-refractivity contribution in [3.63, 3.8) is 0 Å². The maximum absolute atomic E-state index is 11.7. The molecule has 0 atom stereocenters. The maximum Gasteiger partial charge on any atom is 0.342 e. The Morgan fingerprint density at radius 1 is 1.13 bits per heavy atom. The van der Waals surface area contributed by atoms with Crippen LogP contribution in [0.4, 0.5) is 5.69 Å². The smallest absolute Gasteiger partial charge is 0.342 e. The van der Waals surface area contributed by atoms with Crippen molar-refractivity contribution in [1.82, 2.24) is 0 Å². The van der Waals surface area contributed by atoms with Gasteiger partial charge in [0, 0.05) is 5.69 Å². The van der Waals surface area contributed by atoms with E-state index < -0.39 is 18.5 Å². The van der Waals surface area contributed by atoms with E-state index >= 15 is 0 Å². The molecular formula is C17H14N2O4. The lowest BCUT2D eigenvalue weighted by Gasteiger charge is -2.07. The largest absolute Gasteiger partial charge is 0.507 e. The number of benzene rings is 2. The molecule has 2 rings (SSSR count). The first kappa shape index (κ1) is 16.0. The van der Waals surface area contributed by atoms with E-state index in [2.05, 4.69) is 5.32 Å². The molecule has 2 aromatic rings. The lowest BCUT2D eigenvalue weighted by Crippen LogP contribution is -2.20. The highest BCUT2D eigenvalue weighted by Gasteiger charge is 2.13. The molecule has 0 aliphatic rings. The maximum atomic E-state index is 11.7. The number of ether oxygens (including phenoxy) is 1. The molecule has 0 spiro atoms. The Bertz CT molecular complexity index is 748. The van der Waals surface area contributed by atoms with Crippen molar-refractivity contribution in [2.45, 2.75) is 6.42 Å². The van der Waals surface area contributed by atoms with Gasteiger partial charge in [0.05, 0.1) is 12.5 Å². The van der Waals surface area contributed by atoms with Crippen LogP contribution in [0.25, 0.3) is 0 Å². The second kappa shape index (κ2) is 7.61. The summed E-state index contributed by atoms with van der Waals surface area (Å²) in [5.41, 5.74) is 1.38. The van der Waals surface area contributed by atoms with Crippen LogP contribution in [0.1, 0.15) is 15.9 Å². The van der Waals surface area contributed by atoms with Gasteiger partial charge in [-0.1, -0.05) is 24.3 Å². The topological polar surface area (TPSA) is 99.4 Å². The number of phenols is 1. The van der Waals surface area contributed by atoms with E-state index in [9.17, 15) is 14.7 Å². The van der Waals surface area contributed by atoms with Gasteiger partial charge in [-0.05, 0) is 29.8 Å². The Hall–Kier alpha value is -3.33. The van der Waals surface area contributed by atoms with Gasteiger partial charge < -0.3 is 15.2 Å². The van der Waals surface area contributed by atoms with Gasteiger partial charge in [0.25, 0.3) is 5.91 Å².